The summed E-state index contributed by atoms with van der Waals surface area (Å²) in [7, 11) is 0. The minimum absolute atomic E-state index is 0.259. The molecule has 0 bridgehead atoms. The van der Waals surface area contributed by atoms with Crippen LogP contribution in [0.25, 0.3) is 0 Å². The van der Waals surface area contributed by atoms with Crippen LogP contribution >= 0.6 is 27.3 Å². The van der Waals surface area contributed by atoms with Crippen LogP contribution in [0, 0.1) is 5.92 Å². The van der Waals surface area contributed by atoms with Gasteiger partial charge in [-0.05, 0) is 46.8 Å². The van der Waals surface area contributed by atoms with Crippen molar-refractivity contribution >= 4 is 33.2 Å². The molecule has 2 atom stereocenters. The molecule has 134 valence electrons. The van der Waals surface area contributed by atoms with E-state index in [1.165, 1.54) is 32.8 Å². The molecular weight excluding hydrogens is 386 g/mol. The van der Waals surface area contributed by atoms with Gasteiger partial charge in [-0.1, -0.05) is 19.8 Å². The smallest absolute Gasteiger partial charge is 0.275 e. The number of thiophene rings is 1. The minimum Gasteiger partial charge on any atom is -0.348 e. The molecule has 1 aliphatic heterocycles. The third-order valence-electron chi connectivity index (χ3n) is 5.59. The van der Waals surface area contributed by atoms with Crippen molar-refractivity contribution in [2.75, 3.05) is 32.7 Å². The van der Waals surface area contributed by atoms with Crippen molar-refractivity contribution in [1.29, 1.82) is 0 Å². The first-order valence-corrected chi connectivity index (χ1v) is 10.9. The predicted octanol–water partition coefficient (Wildman–Crippen LogP) is 0.489. The second-order valence-corrected chi connectivity index (χ2v) is 10.0. The quantitative estimate of drug-likeness (QED) is 0.643. The van der Waals surface area contributed by atoms with E-state index in [-0.39, 0.29) is 5.91 Å². The third kappa shape index (κ3) is 5.28. The van der Waals surface area contributed by atoms with Crippen LogP contribution in [0.3, 0.4) is 0 Å². The molecule has 0 unspecified atom stereocenters. The summed E-state index contributed by atoms with van der Waals surface area (Å²) in [6, 6.07) is 4.77. The number of carbonyl (C=O) groups is 1. The maximum atomic E-state index is 12.4. The molecule has 3 rings (SSSR count). The third-order valence-corrected chi connectivity index (χ3v) is 7.21. The van der Waals surface area contributed by atoms with E-state index in [4.69, 9.17) is 0 Å². The molecule has 0 aromatic carbocycles. The molecule has 0 spiro atoms. The Labute approximate surface area is 157 Å². The number of amides is 1. The van der Waals surface area contributed by atoms with Crippen molar-refractivity contribution in [2.45, 2.75) is 45.2 Å². The van der Waals surface area contributed by atoms with Crippen molar-refractivity contribution in [3.05, 3.63) is 20.8 Å². The molecule has 1 aliphatic carbocycles. The molecule has 0 radical (unpaired) electrons. The standard InChI is InChI=1S/C18H28BrN3OS/c1-14-4-2-3-5-16(14)20-18(23)13-22-10-8-21(9-11-22)12-15-6-7-17(19)24-15/h6-7,14,16H,2-5,8-13H2,1H3,(H,20,23)/p+2/t14-,16-/m1/s1. The number of hydrogen-bond acceptors (Lipinski definition) is 2. The van der Waals surface area contributed by atoms with Crippen LogP contribution in [0.5, 0.6) is 0 Å². The molecule has 1 saturated heterocycles. The summed E-state index contributed by atoms with van der Waals surface area (Å²) in [5, 5.41) is 3.30. The van der Waals surface area contributed by atoms with E-state index in [0.717, 1.165) is 39.1 Å². The summed E-state index contributed by atoms with van der Waals surface area (Å²) in [6.07, 6.45) is 5.02. The number of piperazine rings is 1. The summed E-state index contributed by atoms with van der Waals surface area (Å²) >= 11 is 5.38. The summed E-state index contributed by atoms with van der Waals surface area (Å²) < 4.78 is 1.22. The van der Waals surface area contributed by atoms with E-state index < -0.39 is 0 Å². The topological polar surface area (TPSA) is 38.0 Å². The molecule has 24 heavy (non-hydrogen) atoms. The van der Waals surface area contributed by atoms with Gasteiger partial charge in [0.1, 0.15) is 32.7 Å². The highest BCUT2D eigenvalue weighted by molar-refractivity contribution is 9.11. The molecule has 6 heteroatoms. The lowest BCUT2D eigenvalue weighted by molar-refractivity contribution is -1.01. The van der Waals surface area contributed by atoms with E-state index in [0.29, 0.717) is 18.5 Å². The fraction of sp³-hybridized carbons (Fsp3) is 0.722. The average molecular weight is 416 g/mol. The Bertz CT molecular complexity index is 542. The minimum atomic E-state index is 0.259. The van der Waals surface area contributed by atoms with Gasteiger partial charge in [-0.25, -0.2) is 0 Å². The monoisotopic (exact) mass is 415 g/mol. The van der Waals surface area contributed by atoms with Gasteiger partial charge < -0.3 is 15.1 Å². The van der Waals surface area contributed by atoms with Gasteiger partial charge in [-0.2, -0.15) is 0 Å². The largest absolute Gasteiger partial charge is 0.348 e. The molecule has 1 aromatic rings. The lowest BCUT2D eigenvalue weighted by Crippen LogP contribution is -3.28. The zero-order valence-corrected chi connectivity index (χ0v) is 17.0. The van der Waals surface area contributed by atoms with Gasteiger partial charge in [-0.15, -0.1) is 11.3 Å². The van der Waals surface area contributed by atoms with Crippen LogP contribution in [0.1, 0.15) is 37.5 Å². The van der Waals surface area contributed by atoms with Crippen LogP contribution < -0.4 is 15.1 Å². The number of halogens is 1. The van der Waals surface area contributed by atoms with Crippen LogP contribution in [0.4, 0.5) is 0 Å². The van der Waals surface area contributed by atoms with Crippen LogP contribution in [-0.4, -0.2) is 44.7 Å². The maximum absolute atomic E-state index is 12.4. The Hall–Kier alpha value is -0.430. The highest BCUT2D eigenvalue weighted by Gasteiger charge is 2.27. The first kappa shape index (κ1) is 18.4. The normalized spacial score (nSPS) is 30.9. The zero-order chi connectivity index (χ0) is 16.9. The van der Waals surface area contributed by atoms with Crippen LogP contribution in [0.15, 0.2) is 15.9 Å². The molecule has 2 aliphatic rings. The fourth-order valence-electron chi connectivity index (χ4n) is 4.02. The maximum Gasteiger partial charge on any atom is 0.275 e. The Morgan fingerprint density at radius 3 is 2.58 bits per heavy atom. The lowest BCUT2D eigenvalue weighted by atomic mass is 9.86. The van der Waals surface area contributed by atoms with Gasteiger partial charge in [0.15, 0.2) is 6.54 Å². The lowest BCUT2D eigenvalue weighted by Gasteiger charge is -2.31. The van der Waals surface area contributed by atoms with Crippen molar-refractivity contribution in [2.24, 2.45) is 5.92 Å². The number of rotatable bonds is 5. The Kier molecular flexibility index (Phi) is 6.72. The Morgan fingerprint density at radius 2 is 1.92 bits per heavy atom. The van der Waals surface area contributed by atoms with E-state index in [2.05, 4.69) is 40.3 Å². The molecule has 4 nitrogen and oxygen atoms in total. The van der Waals surface area contributed by atoms with E-state index in [9.17, 15) is 4.79 Å². The van der Waals surface area contributed by atoms with Crippen molar-refractivity contribution in [3.8, 4) is 0 Å². The van der Waals surface area contributed by atoms with Gasteiger partial charge in [0.2, 0.25) is 0 Å². The van der Waals surface area contributed by atoms with Gasteiger partial charge in [0.25, 0.3) is 5.91 Å². The number of hydrogen-bond donors (Lipinski definition) is 3. The molecule has 1 saturated carbocycles. The van der Waals surface area contributed by atoms with Gasteiger partial charge >= 0.3 is 0 Å². The highest BCUT2D eigenvalue weighted by atomic mass is 79.9. The molecule has 2 fully saturated rings. The van der Waals surface area contributed by atoms with Gasteiger partial charge in [0.05, 0.1) is 8.66 Å². The number of quaternary nitrogens is 2. The van der Waals surface area contributed by atoms with Crippen LogP contribution in [0.2, 0.25) is 0 Å². The second kappa shape index (κ2) is 8.79. The SMILES string of the molecule is C[C@@H]1CCCC[C@H]1NC(=O)C[NH+]1CC[NH+](Cc2ccc(Br)s2)CC1. The number of nitrogens with one attached hydrogen (secondary N) is 3. The first-order valence-electron chi connectivity index (χ1n) is 9.31. The van der Waals surface area contributed by atoms with Gasteiger partial charge in [-0.3, -0.25) is 4.79 Å². The van der Waals surface area contributed by atoms with Crippen LogP contribution in [-0.2, 0) is 11.3 Å². The van der Waals surface area contributed by atoms with Crippen molar-refractivity contribution in [3.63, 3.8) is 0 Å². The van der Waals surface area contributed by atoms with Crippen molar-refractivity contribution < 1.29 is 14.6 Å². The Morgan fingerprint density at radius 1 is 1.21 bits per heavy atom. The summed E-state index contributed by atoms with van der Waals surface area (Å²) in [4.78, 5) is 16.9. The van der Waals surface area contributed by atoms with Gasteiger partial charge in [0, 0.05) is 6.04 Å². The molecule has 1 aromatic heterocycles. The summed E-state index contributed by atoms with van der Waals surface area (Å²) in [5.74, 6) is 0.901. The second-order valence-electron chi connectivity index (χ2n) is 7.50. The average Bonchev–Trinajstić information content (AvgIpc) is 2.96. The predicted molar refractivity (Wildman–Crippen MR) is 102 cm³/mol. The summed E-state index contributed by atoms with van der Waals surface area (Å²) in [6.45, 7) is 8.60. The highest BCUT2D eigenvalue weighted by Crippen LogP contribution is 2.23. The zero-order valence-electron chi connectivity index (χ0n) is 14.6. The molecule has 2 heterocycles. The fourth-order valence-corrected chi connectivity index (χ4v) is 5.57. The van der Waals surface area contributed by atoms with E-state index in [1.54, 1.807) is 4.90 Å². The Balaban J connectivity index is 1.37. The van der Waals surface area contributed by atoms with Crippen molar-refractivity contribution in [1.82, 2.24) is 5.32 Å². The molecule has 1 amide bonds. The molecule has 3 N–H and O–H groups in total. The first-order chi connectivity index (χ1) is 11.6. The number of carbonyl (C=O) groups excluding carboxylic acids is 1. The van der Waals surface area contributed by atoms with E-state index >= 15 is 0 Å². The summed E-state index contributed by atoms with van der Waals surface area (Å²) in [5.41, 5.74) is 0. The van der Waals surface area contributed by atoms with E-state index in [1.807, 2.05) is 11.3 Å². The molecular formula is C18H30BrN3OS+2.